The van der Waals surface area contributed by atoms with Crippen molar-refractivity contribution >= 4 is 58.4 Å². The van der Waals surface area contributed by atoms with Gasteiger partial charge < -0.3 is 14.8 Å². The number of rotatable bonds is 8. The summed E-state index contributed by atoms with van der Waals surface area (Å²) in [6.45, 7) is 2.03. The smallest absolute Gasteiger partial charge is 0.337 e. The van der Waals surface area contributed by atoms with Gasteiger partial charge in [0, 0.05) is 5.69 Å². The van der Waals surface area contributed by atoms with Crippen LogP contribution in [0.2, 0.25) is 0 Å². The lowest BCUT2D eigenvalue weighted by Crippen LogP contribution is -2.16. The van der Waals surface area contributed by atoms with Gasteiger partial charge in [-0.15, -0.1) is 10.2 Å². The Morgan fingerprint density at radius 2 is 1.56 bits per heavy atom. The molecule has 1 N–H and O–H groups in total. The number of nitrogens with zero attached hydrogens (tertiary/aromatic N) is 2. The van der Waals surface area contributed by atoms with E-state index in [2.05, 4.69) is 25.0 Å². The van der Waals surface area contributed by atoms with Crippen molar-refractivity contribution in [3.63, 3.8) is 0 Å². The number of anilines is 1. The number of thioether (sulfide) groups is 2. The predicted molar refractivity (Wildman–Crippen MR) is 105 cm³/mol. The lowest BCUT2D eigenvalue weighted by Gasteiger charge is -2.09. The number of aromatic nitrogens is 2. The Labute approximate surface area is 168 Å². The van der Waals surface area contributed by atoms with Gasteiger partial charge in [0.05, 0.1) is 31.1 Å². The topological polar surface area (TPSA) is 107 Å². The predicted octanol–water partition coefficient (Wildman–Crippen LogP) is 2.95. The first-order valence-electron chi connectivity index (χ1n) is 7.67. The maximum Gasteiger partial charge on any atom is 0.337 e. The molecule has 1 aromatic heterocycles. The maximum absolute atomic E-state index is 12.2. The second kappa shape index (κ2) is 10.3. The van der Waals surface area contributed by atoms with E-state index in [1.54, 1.807) is 11.8 Å². The van der Waals surface area contributed by atoms with E-state index in [-0.39, 0.29) is 22.8 Å². The number of hydrogen-bond acceptors (Lipinski definition) is 10. The van der Waals surface area contributed by atoms with Gasteiger partial charge >= 0.3 is 11.9 Å². The molecule has 0 radical (unpaired) electrons. The van der Waals surface area contributed by atoms with Gasteiger partial charge in [-0.25, -0.2) is 9.59 Å². The van der Waals surface area contributed by atoms with Gasteiger partial charge in [0.25, 0.3) is 0 Å². The molecule has 0 saturated heterocycles. The second-order valence-corrected chi connectivity index (χ2v) is 8.60. The van der Waals surface area contributed by atoms with Gasteiger partial charge in [-0.2, -0.15) is 0 Å². The highest BCUT2D eigenvalue weighted by Gasteiger charge is 2.15. The maximum atomic E-state index is 12.2. The Hall–Kier alpha value is -2.11. The van der Waals surface area contributed by atoms with E-state index in [1.165, 1.54) is 55.5 Å². The van der Waals surface area contributed by atoms with Crippen molar-refractivity contribution < 1.29 is 23.9 Å². The summed E-state index contributed by atoms with van der Waals surface area (Å²) in [5.41, 5.74) is 0.561. The second-order valence-electron chi connectivity index (χ2n) is 4.89. The summed E-state index contributed by atoms with van der Waals surface area (Å²) in [4.78, 5) is 35.8. The Morgan fingerprint density at radius 1 is 1.00 bits per heavy atom. The molecule has 0 aliphatic carbocycles. The number of amides is 1. The Bertz CT molecular complexity index is 806. The van der Waals surface area contributed by atoms with E-state index < -0.39 is 11.9 Å². The summed E-state index contributed by atoms with van der Waals surface area (Å²) in [5.74, 6) is -0.543. The molecule has 1 amide bonds. The molecule has 144 valence electrons. The number of nitrogens with one attached hydrogen (secondary N) is 1. The zero-order valence-electron chi connectivity index (χ0n) is 14.8. The fraction of sp³-hybridized carbons (Fsp3) is 0.312. The molecular formula is C16H17N3O5S3. The average Bonchev–Trinajstić information content (AvgIpc) is 3.12. The van der Waals surface area contributed by atoms with Crippen molar-refractivity contribution in [2.45, 2.75) is 15.6 Å². The van der Waals surface area contributed by atoms with Crippen LogP contribution < -0.4 is 5.32 Å². The third-order valence-corrected chi connectivity index (χ3v) is 6.11. The van der Waals surface area contributed by atoms with Crippen LogP contribution in [0.15, 0.2) is 26.9 Å². The molecule has 27 heavy (non-hydrogen) atoms. The number of methoxy groups -OCH3 is 2. The molecule has 0 unspecified atom stereocenters. The molecule has 0 saturated carbocycles. The first kappa shape index (κ1) is 21.2. The number of ether oxygens (including phenoxy) is 2. The molecule has 2 rings (SSSR count). The van der Waals surface area contributed by atoms with Gasteiger partial charge in [-0.3, -0.25) is 4.79 Å². The van der Waals surface area contributed by atoms with Crippen molar-refractivity contribution in [3.8, 4) is 0 Å². The van der Waals surface area contributed by atoms with Crippen molar-refractivity contribution in [2.75, 3.05) is 31.0 Å². The van der Waals surface area contributed by atoms with Crippen molar-refractivity contribution in [1.29, 1.82) is 0 Å². The molecule has 0 spiro atoms. The first-order chi connectivity index (χ1) is 13.0. The quantitative estimate of drug-likeness (QED) is 0.502. The molecule has 8 nitrogen and oxygen atoms in total. The molecule has 0 fully saturated rings. The third-order valence-electron chi connectivity index (χ3n) is 3.04. The number of hydrogen-bond donors (Lipinski definition) is 1. The van der Waals surface area contributed by atoms with E-state index in [1.807, 2.05) is 6.92 Å². The minimum absolute atomic E-state index is 0.113. The standard InChI is InChI=1S/C16H17N3O5S3/c1-4-25-15-18-19-16(27-15)26-8-12(20)17-11-6-9(13(21)23-2)5-10(7-11)14(22)24-3/h5-7H,4,8H2,1-3H3,(H,17,20). The summed E-state index contributed by atoms with van der Waals surface area (Å²) in [7, 11) is 2.46. The molecule has 1 heterocycles. The summed E-state index contributed by atoms with van der Waals surface area (Å²) < 4.78 is 10.9. The highest BCUT2D eigenvalue weighted by molar-refractivity contribution is 8.03. The molecular weight excluding hydrogens is 410 g/mol. The Balaban J connectivity index is 2.06. The lowest BCUT2D eigenvalue weighted by molar-refractivity contribution is -0.113. The molecule has 2 aromatic rings. The summed E-state index contributed by atoms with van der Waals surface area (Å²) in [5, 5.41) is 10.7. The molecule has 0 aliphatic rings. The van der Waals surface area contributed by atoms with Crippen LogP contribution in [0.25, 0.3) is 0 Å². The number of benzene rings is 1. The largest absolute Gasteiger partial charge is 0.465 e. The van der Waals surface area contributed by atoms with Gasteiger partial charge in [-0.05, 0) is 24.0 Å². The number of carbonyl (C=O) groups is 3. The summed E-state index contributed by atoms with van der Waals surface area (Å²) >= 11 is 4.28. The van der Waals surface area contributed by atoms with Gasteiger partial charge in [0.1, 0.15) is 0 Å². The van der Waals surface area contributed by atoms with E-state index in [0.717, 1.165) is 10.1 Å². The minimum Gasteiger partial charge on any atom is -0.465 e. The van der Waals surface area contributed by atoms with Crippen molar-refractivity contribution in [2.24, 2.45) is 0 Å². The molecule has 0 bridgehead atoms. The van der Waals surface area contributed by atoms with Gasteiger partial charge in [0.15, 0.2) is 8.68 Å². The van der Waals surface area contributed by atoms with Crippen LogP contribution in [0.1, 0.15) is 27.6 Å². The van der Waals surface area contributed by atoms with Crippen LogP contribution in [-0.2, 0) is 14.3 Å². The van der Waals surface area contributed by atoms with Crippen LogP contribution in [0, 0.1) is 0 Å². The van der Waals surface area contributed by atoms with Crippen LogP contribution in [0.5, 0.6) is 0 Å². The van der Waals surface area contributed by atoms with Crippen molar-refractivity contribution in [1.82, 2.24) is 10.2 Å². The highest BCUT2D eigenvalue weighted by atomic mass is 32.2. The summed E-state index contributed by atoms with van der Waals surface area (Å²) in [6.07, 6.45) is 0. The van der Waals surface area contributed by atoms with E-state index in [9.17, 15) is 14.4 Å². The van der Waals surface area contributed by atoms with Crippen LogP contribution in [-0.4, -0.2) is 53.8 Å². The zero-order chi connectivity index (χ0) is 19.8. The molecule has 0 aliphatic heterocycles. The van der Waals surface area contributed by atoms with E-state index in [4.69, 9.17) is 0 Å². The normalized spacial score (nSPS) is 10.3. The number of carbonyl (C=O) groups excluding carboxylic acids is 3. The SMILES string of the molecule is CCSc1nnc(SCC(=O)Nc2cc(C(=O)OC)cc(C(=O)OC)c2)s1. The van der Waals surface area contributed by atoms with E-state index in [0.29, 0.717) is 10.0 Å². The van der Waals surface area contributed by atoms with Crippen LogP contribution in [0.3, 0.4) is 0 Å². The molecule has 11 heteroatoms. The fourth-order valence-electron chi connectivity index (χ4n) is 1.93. The lowest BCUT2D eigenvalue weighted by atomic mass is 10.1. The summed E-state index contributed by atoms with van der Waals surface area (Å²) in [6, 6.07) is 4.21. The monoisotopic (exact) mass is 427 g/mol. The Morgan fingerprint density at radius 3 is 2.07 bits per heavy atom. The first-order valence-corrected chi connectivity index (χ1v) is 10.5. The highest BCUT2D eigenvalue weighted by Crippen LogP contribution is 2.28. The molecule has 1 aromatic carbocycles. The van der Waals surface area contributed by atoms with Crippen LogP contribution in [0.4, 0.5) is 5.69 Å². The average molecular weight is 428 g/mol. The minimum atomic E-state index is -0.625. The fourth-order valence-corrected chi connectivity index (χ4v) is 4.65. The van der Waals surface area contributed by atoms with Gasteiger partial charge in [0.2, 0.25) is 5.91 Å². The van der Waals surface area contributed by atoms with Crippen molar-refractivity contribution in [3.05, 3.63) is 29.3 Å². The molecule has 0 atom stereocenters. The Kier molecular flexibility index (Phi) is 8.07. The zero-order valence-corrected chi connectivity index (χ0v) is 17.3. The third kappa shape index (κ3) is 6.22. The van der Waals surface area contributed by atoms with E-state index >= 15 is 0 Å². The number of esters is 2. The van der Waals surface area contributed by atoms with Gasteiger partial charge in [-0.1, -0.05) is 41.8 Å². The van der Waals surface area contributed by atoms with Crippen LogP contribution >= 0.6 is 34.9 Å².